The highest BCUT2D eigenvalue weighted by atomic mass is 32.2. The van der Waals surface area contributed by atoms with Crippen LogP contribution < -0.4 is 0 Å². The lowest BCUT2D eigenvalue weighted by Gasteiger charge is -2.37. The van der Waals surface area contributed by atoms with E-state index in [1.807, 2.05) is 36.1 Å². The zero-order valence-electron chi connectivity index (χ0n) is 15.5. The Morgan fingerprint density at radius 1 is 1.23 bits per heavy atom. The highest BCUT2D eigenvalue weighted by Gasteiger charge is 2.35. The molecule has 140 valence electrons. The molecule has 0 unspecified atom stereocenters. The maximum Gasteiger partial charge on any atom is 0.345 e. The monoisotopic (exact) mass is 375 g/mol. The summed E-state index contributed by atoms with van der Waals surface area (Å²) in [5, 5.41) is 0. The van der Waals surface area contributed by atoms with E-state index in [9.17, 15) is 13.2 Å². The molecule has 2 heterocycles. The van der Waals surface area contributed by atoms with Crippen molar-refractivity contribution in [3.63, 3.8) is 0 Å². The van der Waals surface area contributed by atoms with Gasteiger partial charge in [-0.25, -0.2) is 4.31 Å². The van der Waals surface area contributed by atoms with Crippen LogP contribution in [-0.2, 0) is 15.0 Å². The molecule has 0 N–H and O–H groups in total. The summed E-state index contributed by atoms with van der Waals surface area (Å²) < 4.78 is 29.9. The number of carbonyl (C=O) groups is 1. The van der Waals surface area contributed by atoms with Crippen LogP contribution in [0.15, 0.2) is 40.4 Å². The molecule has 0 aromatic heterocycles. The molecule has 0 aliphatic carbocycles. The fourth-order valence-electron chi connectivity index (χ4n) is 3.45. The summed E-state index contributed by atoms with van der Waals surface area (Å²) in [6.45, 7) is 4.69. The maximum atomic E-state index is 13.1. The van der Waals surface area contributed by atoms with Gasteiger partial charge < -0.3 is 4.90 Å². The number of allylic oxidation sites excluding steroid dienone is 1. The number of aryl methyl sites for hydroxylation is 1. The summed E-state index contributed by atoms with van der Waals surface area (Å²) in [5.41, 5.74) is 2.22. The van der Waals surface area contributed by atoms with E-state index in [4.69, 9.17) is 0 Å². The van der Waals surface area contributed by atoms with Crippen molar-refractivity contribution in [2.45, 2.75) is 45.6 Å². The van der Waals surface area contributed by atoms with Crippen LogP contribution in [0.1, 0.15) is 43.7 Å². The Labute approximate surface area is 155 Å². The number of amides is 1. The minimum atomic E-state index is -3.92. The zero-order valence-corrected chi connectivity index (χ0v) is 16.3. The molecular formula is C19H25N3O3S. The van der Waals surface area contributed by atoms with Gasteiger partial charge in [-0.3, -0.25) is 4.79 Å². The SMILES string of the molecule is CC[C@H]1CCCCN1C(=O)C1=CC(c2ccc(C)cc2)=NS(=O)(=O)N1C. The predicted octanol–water partition coefficient (Wildman–Crippen LogP) is 2.65. The lowest BCUT2D eigenvalue weighted by atomic mass is 9.99. The first-order valence-electron chi connectivity index (χ1n) is 9.02. The van der Waals surface area contributed by atoms with Gasteiger partial charge in [0.05, 0.1) is 5.71 Å². The van der Waals surface area contributed by atoms with Crippen molar-refractivity contribution in [2.75, 3.05) is 13.6 Å². The summed E-state index contributed by atoms with van der Waals surface area (Å²) in [6, 6.07) is 7.60. The Bertz CT molecular complexity index is 857. The van der Waals surface area contributed by atoms with Gasteiger partial charge in [0.2, 0.25) is 0 Å². The summed E-state index contributed by atoms with van der Waals surface area (Å²) >= 11 is 0. The van der Waals surface area contributed by atoms with Crippen molar-refractivity contribution in [2.24, 2.45) is 4.40 Å². The van der Waals surface area contributed by atoms with E-state index in [0.29, 0.717) is 17.8 Å². The summed E-state index contributed by atoms with van der Waals surface area (Å²) in [5.74, 6) is -0.234. The minimum absolute atomic E-state index is 0.162. The summed E-state index contributed by atoms with van der Waals surface area (Å²) in [4.78, 5) is 15.0. The van der Waals surface area contributed by atoms with Crippen LogP contribution in [0.4, 0.5) is 0 Å². The van der Waals surface area contributed by atoms with Crippen LogP contribution in [0.2, 0.25) is 0 Å². The smallest absolute Gasteiger partial charge is 0.334 e. The van der Waals surface area contributed by atoms with E-state index < -0.39 is 10.2 Å². The third-order valence-electron chi connectivity index (χ3n) is 5.10. The molecule has 3 rings (SSSR count). The van der Waals surface area contributed by atoms with Gasteiger partial charge in [-0.2, -0.15) is 8.42 Å². The first kappa shape index (κ1) is 18.6. The molecular weight excluding hydrogens is 350 g/mol. The zero-order chi connectivity index (χ0) is 18.9. The molecule has 26 heavy (non-hydrogen) atoms. The van der Waals surface area contributed by atoms with Crippen LogP contribution in [0.5, 0.6) is 0 Å². The molecule has 1 amide bonds. The molecule has 0 radical (unpaired) electrons. The topological polar surface area (TPSA) is 70.0 Å². The van der Waals surface area contributed by atoms with Gasteiger partial charge in [-0.15, -0.1) is 4.40 Å². The van der Waals surface area contributed by atoms with Crippen LogP contribution in [0.3, 0.4) is 0 Å². The van der Waals surface area contributed by atoms with Crippen LogP contribution in [0, 0.1) is 6.92 Å². The van der Waals surface area contributed by atoms with E-state index in [2.05, 4.69) is 11.3 Å². The van der Waals surface area contributed by atoms with Gasteiger partial charge in [0.25, 0.3) is 5.91 Å². The van der Waals surface area contributed by atoms with Crippen LogP contribution in [-0.4, -0.2) is 48.9 Å². The van der Waals surface area contributed by atoms with Crippen molar-refractivity contribution in [3.05, 3.63) is 47.2 Å². The van der Waals surface area contributed by atoms with E-state index in [1.165, 1.54) is 7.05 Å². The van der Waals surface area contributed by atoms with E-state index >= 15 is 0 Å². The summed E-state index contributed by atoms with van der Waals surface area (Å²) in [7, 11) is -2.53. The normalized spacial score (nSPS) is 22.7. The highest BCUT2D eigenvalue weighted by molar-refractivity contribution is 7.88. The molecule has 1 aromatic carbocycles. The first-order valence-corrected chi connectivity index (χ1v) is 10.4. The average Bonchev–Trinajstić information content (AvgIpc) is 2.63. The molecule has 1 saturated heterocycles. The lowest BCUT2D eigenvalue weighted by Crippen LogP contribution is -2.47. The van der Waals surface area contributed by atoms with Gasteiger partial charge in [0.15, 0.2) is 0 Å². The number of likely N-dealkylation sites (N-methyl/N-ethyl adjacent to an activating group) is 1. The van der Waals surface area contributed by atoms with Crippen molar-refractivity contribution in [1.29, 1.82) is 0 Å². The number of likely N-dealkylation sites (tertiary alicyclic amines) is 1. The van der Waals surface area contributed by atoms with Gasteiger partial charge in [0, 0.05) is 25.2 Å². The van der Waals surface area contributed by atoms with Gasteiger partial charge in [-0.1, -0.05) is 36.8 Å². The molecule has 2 aliphatic rings. The van der Waals surface area contributed by atoms with Crippen molar-refractivity contribution >= 4 is 21.8 Å². The molecule has 0 saturated carbocycles. The van der Waals surface area contributed by atoms with Gasteiger partial charge in [-0.05, 0) is 38.7 Å². The van der Waals surface area contributed by atoms with Gasteiger partial charge >= 0.3 is 10.2 Å². The average molecular weight is 375 g/mol. The predicted molar refractivity (Wildman–Crippen MR) is 102 cm³/mol. The third-order valence-corrected chi connectivity index (χ3v) is 6.41. The first-order chi connectivity index (χ1) is 12.3. The van der Waals surface area contributed by atoms with Crippen molar-refractivity contribution in [1.82, 2.24) is 9.21 Å². The largest absolute Gasteiger partial charge is 0.345 e. The van der Waals surface area contributed by atoms with Gasteiger partial charge in [0.1, 0.15) is 5.70 Å². The maximum absolute atomic E-state index is 13.1. The Morgan fingerprint density at radius 2 is 1.92 bits per heavy atom. The minimum Gasteiger partial charge on any atom is -0.334 e. The molecule has 0 spiro atoms. The standard InChI is InChI=1S/C19H25N3O3S/c1-4-16-7-5-6-12-22(16)19(23)18-13-17(20-26(24,25)21(18)3)15-10-8-14(2)9-11-15/h8-11,13,16H,4-7,12H2,1-3H3/t16-/m0/s1. The van der Waals surface area contributed by atoms with E-state index in [0.717, 1.165) is 35.6 Å². The molecule has 1 atom stereocenters. The van der Waals surface area contributed by atoms with E-state index in [-0.39, 0.29) is 17.6 Å². The highest BCUT2D eigenvalue weighted by Crippen LogP contribution is 2.26. The number of piperidine rings is 1. The molecule has 1 fully saturated rings. The molecule has 2 aliphatic heterocycles. The number of benzene rings is 1. The van der Waals surface area contributed by atoms with Crippen molar-refractivity contribution in [3.8, 4) is 0 Å². The number of nitrogens with zero attached hydrogens (tertiary/aromatic N) is 3. The fourth-order valence-corrected chi connectivity index (χ4v) is 4.36. The number of carbonyl (C=O) groups excluding carboxylic acids is 1. The third kappa shape index (κ3) is 3.53. The number of hydrogen-bond donors (Lipinski definition) is 0. The Balaban J connectivity index is 2.00. The summed E-state index contributed by atoms with van der Waals surface area (Å²) in [6.07, 6.45) is 5.48. The Hall–Kier alpha value is -2.15. The second kappa shape index (κ2) is 7.23. The molecule has 7 heteroatoms. The lowest BCUT2D eigenvalue weighted by molar-refractivity contribution is -0.131. The number of hydrogen-bond acceptors (Lipinski definition) is 3. The fraction of sp³-hybridized carbons (Fsp3) is 0.474. The Morgan fingerprint density at radius 3 is 2.58 bits per heavy atom. The second-order valence-electron chi connectivity index (χ2n) is 6.87. The number of rotatable bonds is 3. The second-order valence-corrected chi connectivity index (χ2v) is 8.50. The molecule has 0 bridgehead atoms. The van der Waals surface area contributed by atoms with E-state index in [1.54, 1.807) is 6.08 Å². The van der Waals surface area contributed by atoms with Crippen molar-refractivity contribution < 1.29 is 13.2 Å². The Kier molecular flexibility index (Phi) is 5.18. The molecule has 1 aromatic rings. The van der Waals surface area contributed by atoms with Crippen LogP contribution in [0.25, 0.3) is 0 Å². The van der Waals surface area contributed by atoms with Crippen LogP contribution >= 0.6 is 0 Å². The molecule has 6 nitrogen and oxygen atoms in total. The quantitative estimate of drug-likeness (QED) is 0.815.